The number of hydrogen-bond acceptors (Lipinski definition) is 8. The van der Waals surface area contributed by atoms with E-state index in [0.717, 1.165) is 25.3 Å². The largest absolute Gasteiger partial charge is 0.486 e. The van der Waals surface area contributed by atoms with Crippen LogP contribution in [0, 0.1) is 11.8 Å². The summed E-state index contributed by atoms with van der Waals surface area (Å²) in [7, 11) is 1.34. The maximum Gasteiger partial charge on any atom is 0.373 e. The Morgan fingerprint density at radius 1 is 1.13 bits per heavy atom. The molecule has 3 heterocycles. The van der Waals surface area contributed by atoms with Crippen molar-refractivity contribution in [1.29, 1.82) is 0 Å². The van der Waals surface area contributed by atoms with E-state index in [0.29, 0.717) is 55.3 Å². The number of ether oxygens (including phenoxy) is 4. The summed E-state index contributed by atoms with van der Waals surface area (Å²) in [6, 6.07) is 9.07. The van der Waals surface area contributed by atoms with Crippen LogP contribution in [0.4, 0.5) is 0 Å². The lowest BCUT2D eigenvalue weighted by Gasteiger charge is -2.35. The highest BCUT2D eigenvalue weighted by molar-refractivity contribution is 5.86. The Kier molecular flexibility index (Phi) is 5.50. The number of aliphatic hydroxyl groups is 1. The molecule has 1 aromatic carbocycles. The van der Waals surface area contributed by atoms with E-state index in [1.807, 2.05) is 24.3 Å². The highest BCUT2D eigenvalue weighted by Crippen LogP contribution is 2.43. The molecule has 0 bridgehead atoms. The number of benzene rings is 1. The molecule has 0 radical (unpaired) electrons. The second kappa shape index (κ2) is 8.43. The maximum absolute atomic E-state index is 11.6. The molecule has 5 rings (SSSR count). The van der Waals surface area contributed by atoms with Gasteiger partial charge in [-0.2, -0.15) is 0 Å². The minimum Gasteiger partial charge on any atom is -0.486 e. The molecular formula is C23H27NO7. The summed E-state index contributed by atoms with van der Waals surface area (Å²) in [5, 5.41) is 10.8. The quantitative estimate of drug-likeness (QED) is 0.725. The van der Waals surface area contributed by atoms with Gasteiger partial charge in [0.05, 0.1) is 19.8 Å². The van der Waals surface area contributed by atoms with Crippen molar-refractivity contribution in [2.75, 3.05) is 33.4 Å². The normalized spacial score (nSPS) is 27.5. The third-order valence-electron chi connectivity index (χ3n) is 6.40. The Balaban J connectivity index is 1.22. The molecule has 2 aromatic rings. The van der Waals surface area contributed by atoms with Crippen LogP contribution >= 0.6 is 0 Å². The summed E-state index contributed by atoms with van der Waals surface area (Å²) < 4.78 is 27.9. The molecule has 2 aliphatic heterocycles. The van der Waals surface area contributed by atoms with Gasteiger partial charge in [0, 0.05) is 13.1 Å². The Morgan fingerprint density at radius 2 is 1.94 bits per heavy atom. The van der Waals surface area contributed by atoms with Gasteiger partial charge in [0.1, 0.15) is 25.1 Å². The van der Waals surface area contributed by atoms with Gasteiger partial charge in [-0.15, -0.1) is 0 Å². The number of para-hydroxylation sites is 1. The van der Waals surface area contributed by atoms with Crippen LogP contribution in [0.15, 0.2) is 34.7 Å². The van der Waals surface area contributed by atoms with Gasteiger partial charge in [0.25, 0.3) is 0 Å². The van der Waals surface area contributed by atoms with Crippen molar-refractivity contribution in [3.05, 3.63) is 41.9 Å². The van der Waals surface area contributed by atoms with Gasteiger partial charge < -0.3 is 28.5 Å². The van der Waals surface area contributed by atoms with Crippen molar-refractivity contribution in [3.63, 3.8) is 0 Å². The first-order valence-corrected chi connectivity index (χ1v) is 10.7. The van der Waals surface area contributed by atoms with Gasteiger partial charge in [-0.05, 0) is 48.9 Å². The number of esters is 1. The van der Waals surface area contributed by atoms with Gasteiger partial charge in [0.2, 0.25) is 11.5 Å². The monoisotopic (exact) mass is 429 g/mol. The van der Waals surface area contributed by atoms with Crippen LogP contribution in [0.1, 0.15) is 29.2 Å². The Morgan fingerprint density at radius 3 is 2.77 bits per heavy atom. The molecule has 1 aromatic heterocycles. The Labute approximate surface area is 180 Å². The molecule has 31 heavy (non-hydrogen) atoms. The van der Waals surface area contributed by atoms with E-state index in [1.54, 1.807) is 6.07 Å². The first-order chi connectivity index (χ1) is 15.1. The predicted molar refractivity (Wildman–Crippen MR) is 109 cm³/mol. The van der Waals surface area contributed by atoms with E-state index in [2.05, 4.69) is 4.90 Å². The summed E-state index contributed by atoms with van der Waals surface area (Å²) in [6.07, 6.45) is 0.659. The summed E-state index contributed by atoms with van der Waals surface area (Å²) in [6.45, 7) is 3.44. The van der Waals surface area contributed by atoms with Crippen LogP contribution in [0.5, 0.6) is 17.2 Å². The van der Waals surface area contributed by atoms with Crippen molar-refractivity contribution in [1.82, 2.24) is 4.90 Å². The zero-order valence-corrected chi connectivity index (χ0v) is 17.5. The maximum atomic E-state index is 11.6. The van der Waals surface area contributed by atoms with Gasteiger partial charge in [0.15, 0.2) is 11.5 Å². The van der Waals surface area contributed by atoms with Crippen molar-refractivity contribution in [2.24, 2.45) is 11.8 Å². The number of likely N-dealkylation sites (tertiary alicyclic amines) is 1. The minimum absolute atomic E-state index is 0.218. The van der Waals surface area contributed by atoms with Crippen molar-refractivity contribution in [3.8, 4) is 17.2 Å². The number of hydrogen-bond donors (Lipinski definition) is 1. The smallest absolute Gasteiger partial charge is 0.373 e. The van der Waals surface area contributed by atoms with Crippen LogP contribution in [0.3, 0.4) is 0 Å². The molecule has 4 atom stereocenters. The standard InChI is InChI=1S/C23H27NO7/c1-27-23(26)20-6-5-16(30-20)13-24-11-14-9-17(25)21(10-15(14)12-24)31-19-4-2-3-18-22(19)29-8-7-28-18/h2-6,14-15,17,21,25H,7-13H2,1H3/t14-,15+,17+,21+/m0/s1. The van der Waals surface area contributed by atoms with Crippen LogP contribution in [-0.4, -0.2) is 61.6 Å². The number of aliphatic hydroxyl groups excluding tert-OH is 1. The number of methoxy groups -OCH3 is 1. The van der Waals surface area contributed by atoms with Crippen LogP contribution < -0.4 is 14.2 Å². The number of carbonyl (C=O) groups is 1. The van der Waals surface area contributed by atoms with Gasteiger partial charge >= 0.3 is 5.97 Å². The third kappa shape index (κ3) is 4.09. The second-order valence-electron chi connectivity index (χ2n) is 8.45. The molecule has 1 saturated carbocycles. The molecule has 166 valence electrons. The number of rotatable bonds is 5. The van der Waals surface area contributed by atoms with E-state index >= 15 is 0 Å². The first kappa shape index (κ1) is 20.2. The molecule has 1 saturated heterocycles. The molecule has 0 amide bonds. The number of nitrogens with zero attached hydrogens (tertiary/aromatic N) is 1. The highest BCUT2D eigenvalue weighted by atomic mass is 16.6. The molecule has 8 nitrogen and oxygen atoms in total. The number of fused-ring (bicyclic) bond motifs is 2. The van der Waals surface area contributed by atoms with Crippen molar-refractivity contribution >= 4 is 5.97 Å². The summed E-state index contributed by atoms with van der Waals surface area (Å²) in [4.78, 5) is 13.9. The van der Waals surface area contributed by atoms with E-state index in [4.69, 9.17) is 23.4 Å². The predicted octanol–water partition coefficient (Wildman–Crippen LogP) is 2.49. The lowest BCUT2D eigenvalue weighted by molar-refractivity contribution is -0.0249. The van der Waals surface area contributed by atoms with E-state index in [1.165, 1.54) is 7.11 Å². The molecular weight excluding hydrogens is 402 g/mol. The molecule has 2 fully saturated rings. The summed E-state index contributed by atoms with van der Waals surface area (Å²) >= 11 is 0. The topological polar surface area (TPSA) is 90.6 Å². The fourth-order valence-electron chi connectivity index (χ4n) is 4.94. The first-order valence-electron chi connectivity index (χ1n) is 10.7. The summed E-state index contributed by atoms with van der Waals surface area (Å²) in [5.74, 6) is 3.26. The second-order valence-corrected chi connectivity index (χ2v) is 8.45. The van der Waals surface area contributed by atoms with Crippen LogP contribution in [-0.2, 0) is 11.3 Å². The lowest BCUT2D eigenvalue weighted by atomic mass is 9.78. The van der Waals surface area contributed by atoms with E-state index in [-0.39, 0.29) is 11.9 Å². The zero-order valence-electron chi connectivity index (χ0n) is 17.5. The number of furan rings is 1. The third-order valence-corrected chi connectivity index (χ3v) is 6.40. The van der Waals surface area contributed by atoms with E-state index in [9.17, 15) is 9.90 Å². The zero-order chi connectivity index (χ0) is 21.4. The van der Waals surface area contributed by atoms with Crippen molar-refractivity contribution in [2.45, 2.75) is 31.6 Å². The van der Waals surface area contributed by atoms with Crippen molar-refractivity contribution < 1.29 is 33.3 Å². The number of carbonyl (C=O) groups excluding carboxylic acids is 1. The van der Waals surface area contributed by atoms with E-state index < -0.39 is 12.1 Å². The van der Waals surface area contributed by atoms with Crippen LogP contribution in [0.2, 0.25) is 0 Å². The molecule has 1 N–H and O–H groups in total. The SMILES string of the molecule is COC(=O)c1ccc(CN2C[C@H]3C[C@@H](Oc4cccc5c4OCCO5)[C@H](O)C[C@H]3C2)o1. The fourth-order valence-corrected chi connectivity index (χ4v) is 4.94. The summed E-state index contributed by atoms with van der Waals surface area (Å²) in [5.41, 5.74) is 0. The molecule has 0 spiro atoms. The van der Waals surface area contributed by atoms with Crippen LogP contribution in [0.25, 0.3) is 0 Å². The molecule has 1 aliphatic carbocycles. The highest BCUT2D eigenvalue weighted by Gasteiger charge is 2.43. The Hall–Kier alpha value is -2.71. The minimum atomic E-state index is -0.531. The van der Waals surface area contributed by atoms with Gasteiger partial charge in [-0.3, -0.25) is 4.90 Å². The average molecular weight is 429 g/mol. The molecule has 3 aliphatic rings. The average Bonchev–Trinajstić information content (AvgIpc) is 3.40. The molecule has 8 heteroatoms. The molecule has 0 unspecified atom stereocenters. The van der Waals surface area contributed by atoms with Gasteiger partial charge in [-0.1, -0.05) is 6.07 Å². The Bertz CT molecular complexity index is 942. The fraction of sp³-hybridized carbons (Fsp3) is 0.522. The van der Waals surface area contributed by atoms with Gasteiger partial charge in [-0.25, -0.2) is 4.79 Å². The lowest BCUT2D eigenvalue weighted by Crippen LogP contribution is -2.42.